The molecule has 0 amide bonds. The number of aromatic amines is 1. The summed E-state index contributed by atoms with van der Waals surface area (Å²) in [6, 6.07) is 6.26. The lowest BCUT2D eigenvalue weighted by Gasteiger charge is -2.22. The molecule has 0 saturated carbocycles. The largest absolute Gasteiger partial charge is 0.494 e. The number of hydrogen-bond acceptors (Lipinski definition) is 4. The van der Waals surface area contributed by atoms with Crippen LogP contribution in [-0.2, 0) is 4.74 Å². The second kappa shape index (κ2) is 7.25. The maximum absolute atomic E-state index is 10.4. The lowest BCUT2D eigenvalue weighted by Crippen LogP contribution is -2.19. The van der Waals surface area contributed by atoms with Crippen LogP contribution < -0.4 is 0 Å². The van der Waals surface area contributed by atoms with Crippen LogP contribution in [0.4, 0.5) is 5.69 Å². The molecule has 1 fully saturated rings. The van der Waals surface area contributed by atoms with E-state index in [1.807, 2.05) is 36.0 Å². The van der Waals surface area contributed by atoms with E-state index in [1.54, 1.807) is 6.20 Å². The van der Waals surface area contributed by atoms with Gasteiger partial charge in [0, 0.05) is 28.6 Å². The highest BCUT2D eigenvalue weighted by Crippen LogP contribution is 2.32. The zero-order valence-electron chi connectivity index (χ0n) is 14.6. The van der Waals surface area contributed by atoms with Gasteiger partial charge in [0.25, 0.3) is 0 Å². The van der Waals surface area contributed by atoms with E-state index in [1.165, 1.54) is 0 Å². The van der Waals surface area contributed by atoms with Gasteiger partial charge in [-0.25, -0.2) is 4.99 Å². The molecule has 2 aromatic heterocycles. The molecule has 1 saturated heterocycles. The number of ether oxygens (including phenoxy) is 1. The van der Waals surface area contributed by atoms with Crippen LogP contribution >= 0.6 is 15.9 Å². The van der Waals surface area contributed by atoms with Crippen molar-refractivity contribution in [1.82, 2.24) is 14.8 Å². The minimum absolute atomic E-state index is 0.149. The number of aliphatic imine (C=N–C) groups is 1. The van der Waals surface area contributed by atoms with E-state index in [-0.39, 0.29) is 5.88 Å². The van der Waals surface area contributed by atoms with Gasteiger partial charge in [-0.15, -0.1) is 0 Å². The first-order valence-corrected chi connectivity index (χ1v) is 9.65. The molecule has 0 spiro atoms. The average Bonchev–Trinajstić information content (AvgIpc) is 3.24. The lowest BCUT2D eigenvalue weighted by molar-refractivity contribution is 0.0662. The standard InChI is InChI=1S/C19H21BrN4O2/c1-2-16(18-15-9-12(20)3-4-17(15)23-19(18)25)22-13-10-21-24(11-13)14-5-7-26-8-6-14/h3-4,9-11,14,23,25H,2,5-8H2,1H3. The third kappa shape index (κ3) is 3.29. The molecule has 0 unspecified atom stereocenters. The predicted molar refractivity (Wildman–Crippen MR) is 105 cm³/mol. The van der Waals surface area contributed by atoms with Crippen molar-refractivity contribution >= 4 is 38.2 Å². The molecule has 1 aromatic carbocycles. The molecule has 0 aliphatic carbocycles. The molecule has 3 aromatic rings. The highest BCUT2D eigenvalue weighted by Gasteiger charge is 2.18. The van der Waals surface area contributed by atoms with Crippen LogP contribution in [0.25, 0.3) is 10.9 Å². The molecule has 1 aliphatic rings. The number of benzene rings is 1. The van der Waals surface area contributed by atoms with Crippen LogP contribution in [0, 0.1) is 0 Å². The minimum atomic E-state index is 0.149. The second-order valence-electron chi connectivity index (χ2n) is 6.47. The summed E-state index contributed by atoms with van der Waals surface area (Å²) in [5.74, 6) is 0.149. The number of hydrogen-bond donors (Lipinski definition) is 2. The van der Waals surface area contributed by atoms with E-state index in [2.05, 4.69) is 26.0 Å². The Morgan fingerprint density at radius 3 is 3.00 bits per heavy atom. The molecule has 136 valence electrons. The van der Waals surface area contributed by atoms with Crippen molar-refractivity contribution in [2.45, 2.75) is 32.2 Å². The van der Waals surface area contributed by atoms with E-state index in [0.717, 1.165) is 58.4 Å². The van der Waals surface area contributed by atoms with Gasteiger partial charge in [0.1, 0.15) is 5.69 Å². The van der Waals surface area contributed by atoms with Gasteiger partial charge in [-0.05, 0) is 37.5 Å². The van der Waals surface area contributed by atoms with Crippen molar-refractivity contribution in [2.24, 2.45) is 4.99 Å². The normalized spacial score (nSPS) is 16.5. The van der Waals surface area contributed by atoms with E-state index in [0.29, 0.717) is 12.5 Å². The van der Waals surface area contributed by atoms with Gasteiger partial charge in [0.2, 0.25) is 0 Å². The summed E-state index contributed by atoms with van der Waals surface area (Å²) in [4.78, 5) is 7.81. The molecule has 3 heterocycles. The molecular formula is C19H21BrN4O2. The predicted octanol–water partition coefficient (Wildman–Crippen LogP) is 4.71. The van der Waals surface area contributed by atoms with E-state index in [9.17, 15) is 5.11 Å². The molecule has 2 N–H and O–H groups in total. The van der Waals surface area contributed by atoms with Crippen LogP contribution in [0.2, 0.25) is 0 Å². The highest BCUT2D eigenvalue weighted by atomic mass is 79.9. The lowest BCUT2D eigenvalue weighted by atomic mass is 10.1. The van der Waals surface area contributed by atoms with Gasteiger partial charge in [0.05, 0.1) is 29.7 Å². The summed E-state index contributed by atoms with van der Waals surface area (Å²) in [7, 11) is 0. The first-order chi connectivity index (χ1) is 12.7. The van der Waals surface area contributed by atoms with Crippen molar-refractivity contribution in [3.8, 4) is 5.88 Å². The molecule has 0 radical (unpaired) electrons. The number of aromatic nitrogens is 3. The number of halogens is 1. The Kier molecular flexibility index (Phi) is 4.82. The van der Waals surface area contributed by atoms with Gasteiger partial charge in [-0.3, -0.25) is 4.68 Å². The molecule has 1 aliphatic heterocycles. The summed E-state index contributed by atoms with van der Waals surface area (Å²) in [5.41, 5.74) is 3.28. The Hall–Kier alpha value is -2.12. The first-order valence-electron chi connectivity index (χ1n) is 8.85. The van der Waals surface area contributed by atoms with E-state index < -0.39 is 0 Å². The average molecular weight is 417 g/mol. The summed E-state index contributed by atoms with van der Waals surface area (Å²) in [6.07, 6.45) is 6.42. The summed E-state index contributed by atoms with van der Waals surface area (Å²) in [5, 5.41) is 15.9. The quantitative estimate of drug-likeness (QED) is 0.604. The van der Waals surface area contributed by atoms with E-state index in [4.69, 9.17) is 9.73 Å². The summed E-state index contributed by atoms with van der Waals surface area (Å²) >= 11 is 3.50. The highest BCUT2D eigenvalue weighted by molar-refractivity contribution is 9.10. The Morgan fingerprint density at radius 2 is 2.23 bits per heavy atom. The number of rotatable bonds is 4. The monoisotopic (exact) mass is 416 g/mol. The SMILES string of the molecule is CCC(=Nc1cnn(C2CCOCC2)c1)c1c(O)[nH]c2ccc(Br)cc12. The summed E-state index contributed by atoms with van der Waals surface area (Å²) in [6.45, 7) is 3.60. The Bertz CT molecular complexity index is 954. The zero-order chi connectivity index (χ0) is 18.1. The number of fused-ring (bicyclic) bond motifs is 1. The fourth-order valence-electron chi connectivity index (χ4n) is 3.44. The molecule has 0 atom stereocenters. The third-order valence-electron chi connectivity index (χ3n) is 4.78. The van der Waals surface area contributed by atoms with Crippen LogP contribution in [0.1, 0.15) is 37.8 Å². The van der Waals surface area contributed by atoms with Crippen molar-refractivity contribution in [1.29, 1.82) is 0 Å². The van der Waals surface area contributed by atoms with Crippen molar-refractivity contribution in [3.63, 3.8) is 0 Å². The summed E-state index contributed by atoms with van der Waals surface area (Å²) < 4.78 is 8.37. The van der Waals surface area contributed by atoms with Crippen LogP contribution in [0.3, 0.4) is 0 Å². The molecule has 26 heavy (non-hydrogen) atoms. The van der Waals surface area contributed by atoms with Crippen molar-refractivity contribution in [2.75, 3.05) is 13.2 Å². The Morgan fingerprint density at radius 1 is 1.42 bits per heavy atom. The molecule has 7 heteroatoms. The Labute approximate surface area is 160 Å². The molecular weight excluding hydrogens is 396 g/mol. The number of nitrogens with one attached hydrogen (secondary N) is 1. The smallest absolute Gasteiger partial charge is 0.198 e. The maximum Gasteiger partial charge on any atom is 0.198 e. The first kappa shape index (κ1) is 17.3. The van der Waals surface area contributed by atoms with Gasteiger partial charge >= 0.3 is 0 Å². The fraction of sp³-hybridized carbons (Fsp3) is 0.368. The van der Waals surface area contributed by atoms with Gasteiger partial charge in [0.15, 0.2) is 5.88 Å². The number of aromatic hydroxyl groups is 1. The van der Waals surface area contributed by atoms with E-state index >= 15 is 0 Å². The maximum atomic E-state index is 10.4. The number of nitrogens with zero attached hydrogens (tertiary/aromatic N) is 3. The molecule has 6 nitrogen and oxygen atoms in total. The minimum Gasteiger partial charge on any atom is -0.494 e. The zero-order valence-corrected chi connectivity index (χ0v) is 16.2. The van der Waals surface area contributed by atoms with Gasteiger partial charge in [-0.1, -0.05) is 22.9 Å². The molecule has 4 rings (SSSR count). The van der Waals surface area contributed by atoms with Gasteiger partial charge < -0.3 is 14.8 Å². The topological polar surface area (TPSA) is 75.4 Å². The third-order valence-corrected chi connectivity index (χ3v) is 5.27. The van der Waals surface area contributed by atoms with Crippen LogP contribution in [0.15, 0.2) is 40.1 Å². The second-order valence-corrected chi connectivity index (χ2v) is 7.39. The van der Waals surface area contributed by atoms with Crippen molar-refractivity contribution in [3.05, 3.63) is 40.6 Å². The van der Waals surface area contributed by atoms with Crippen LogP contribution in [-0.4, -0.2) is 38.8 Å². The van der Waals surface area contributed by atoms with Crippen LogP contribution in [0.5, 0.6) is 5.88 Å². The van der Waals surface area contributed by atoms with Crippen molar-refractivity contribution < 1.29 is 9.84 Å². The Balaban J connectivity index is 1.70. The van der Waals surface area contributed by atoms with Gasteiger partial charge in [-0.2, -0.15) is 5.10 Å². The molecule has 0 bridgehead atoms. The number of H-pyrrole nitrogens is 1. The fourth-order valence-corrected chi connectivity index (χ4v) is 3.81.